The van der Waals surface area contributed by atoms with Crippen LogP contribution in [0.1, 0.15) is 6.92 Å². The minimum absolute atomic E-state index is 0.362. The number of primary amides is 1. The van der Waals surface area contributed by atoms with Gasteiger partial charge in [-0.15, -0.1) is 0 Å². The van der Waals surface area contributed by atoms with E-state index in [1.54, 1.807) is 6.92 Å². The normalized spacial score (nSPS) is 17.3. The van der Waals surface area contributed by atoms with Crippen molar-refractivity contribution in [3.63, 3.8) is 0 Å². The van der Waals surface area contributed by atoms with Crippen LogP contribution in [0.2, 0.25) is 5.02 Å². The zero-order chi connectivity index (χ0) is 15.4. The van der Waals surface area contributed by atoms with E-state index < -0.39 is 6.03 Å². The largest absolute Gasteiger partial charge is 0.369 e. The van der Waals surface area contributed by atoms with Crippen molar-refractivity contribution in [2.24, 2.45) is 5.73 Å². The van der Waals surface area contributed by atoms with Gasteiger partial charge in [-0.25, -0.2) is 4.79 Å². The van der Waals surface area contributed by atoms with E-state index in [4.69, 9.17) is 17.3 Å². The molecule has 1 aliphatic rings. The maximum Gasteiger partial charge on any atom is 0.318 e. The fourth-order valence-corrected chi connectivity index (χ4v) is 2.62. The summed E-state index contributed by atoms with van der Waals surface area (Å²) in [6.07, 6.45) is 0. The maximum atomic E-state index is 11.8. The number of hydrogen-bond donors (Lipinski definition) is 2. The van der Waals surface area contributed by atoms with E-state index in [2.05, 4.69) is 10.2 Å². The van der Waals surface area contributed by atoms with Crippen LogP contribution in [-0.2, 0) is 4.79 Å². The highest BCUT2D eigenvalue weighted by Crippen LogP contribution is 2.21. The monoisotopic (exact) mass is 310 g/mol. The summed E-state index contributed by atoms with van der Waals surface area (Å²) < 4.78 is 0. The SMILES string of the molecule is C[C@H](C(=O)NC(N)=O)N1CCN(c2cccc(Cl)c2)CC1. The maximum absolute atomic E-state index is 11.8. The van der Waals surface area contributed by atoms with Gasteiger partial charge in [-0.1, -0.05) is 17.7 Å². The van der Waals surface area contributed by atoms with E-state index in [1.807, 2.05) is 29.2 Å². The summed E-state index contributed by atoms with van der Waals surface area (Å²) in [7, 11) is 0. The van der Waals surface area contributed by atoms with Crippen molar-refractivity contribution in [3.05, 3.63) is 29.3 Å². The first-order valence-electron chi connectivity index (χ1n) is 6.82. The molecule has 1 fully saturated rings. The molecule has 1 heterocycles. The molecule has 114 valence electrons. The molecule has 7 heteroatoms. The van der Waals surface area contributed by atoms with Gasteiger partial charge in [0.1, 0.15) is 0 Å². The lowest BCUT2D eigenvalue weighted by Gasteiger charge is -2.38. The van der Waals surface area contributed by atoms with Gasteiger partial charge in [0.05, 0.1) is 6.04 Å². The molecule has 0 radical (unpaired) electrons. The molecule has 3 amide bonds. The van der Waals surface area contributed by atoms with E-state index in [1.165, 1.54) is 0 Å². The molecule has 0 aromatic heterocycles. The topological polar surface area (TPSA) is 78.7 Å². The summed E-state index contributed by atoms with van der Waals surface area (Å²) in [5, 5.41) is 2.83. The van der Waals surface area contributed by atoms with E-state index in [0.717, 1.165) is 31.9 Å². The van der Waals surface area contributed by atoms with Gasteiger partial charge in [-0.2, -0.15) is 0 Å². The lowest BCUT2D eigenvalue weighted by atomic mass is 10.2. The number of nitrogens with two attached hydrogens (primary N) is 1. The summed E-state index contributed by atoms with van der Waals surface area (Å²) in [6.45, 7) is 4.84. The van der Waals surface area contributed by atoms with E-state index in [9.17, 15) is 9.59 Å². The minimum Gasteiger partial charge on any atom is -0.369 e. The Balaban J connectivity index is 1.91. The Morgan fingerprint density at radius 1 is 1.29 bits per heavy atom. The molecule has 0 spiro atoms. The number of imide groups is 1. The lowest BCUT2D eigenvalue weighted by molar-refractivity contribution is -0.124. The van der Waals surface area contributed by atoms with Crippen LogP contribution in [0.25, 0.3) is 0 Å². The van der Waals surface area contributed by atoms with Crippen molar-refractivity contribution in [3.8, 4) is 0 Å². The molecule has 0 unspecified atom stereocenters. The minimum atomic E-state index is -0.815. The first kappa shape index (κ1) is 15.6. The molecule has 1 saturated heterocycles. The highest BCUT2D eigenvalue weighted by Gasteiger charge is 2.26. The van der Waals surface area contributed by atoms with Crippen LogP contribution < -0.4 is 16.0 Å². The Kier molecular flexibility index (Phi) is 5.03. The molecule has 1 aliphatic heterocycles. The molecule has 1 atom stereocenters. The van der Waals surface area contributed by atoms with Gasteiger partial charge in [-0.3, -0.25) is 15.0 Å². The van der Waals surface area contributed by atoms with Crippen LogP contribution in [-0.4, -0.2) is 49.1 Å². The zero-order valence-electron chi connectivity index (χ0n) is 11.9. The molecule has 0 saturated carbocycles. The fourth-order valence-electron chi connectivity index (χ4n) is 2.43. The number of halogens is 1. The van der Waals surface area contributed by atoms with Crippen molar-refractivity contribution in [2.45, 2.75) is 13.0 Å². The van der Waals surface area contributed by atoms with Crippen LogP contribution in [0, 0.1) is 0 Å². The number of anilines is 1. The molecule has 21 heavy (non-hydrogen) atoms. The Labute approximate surface area is 128 Å². The number of carbonyl (C=O) groups excluding carboxylic acids is 2. The summed E-state index contributed by atoms with van der Waals surface area (Å²) >= 11 is 6.00. The van der Waals surface area contributed by atoms with Gasteiger partial charge < -0.3 is 10.6 Å². The van der Waals surface area contributed by atoms with Gasteiger partial charge in [0.2, 0.25) is 5.91 Å². The van der Waals surface area contributed by atoms with Crippen molar-refractivity contribution in [1.82, 2.24) is 10.2 Å². The second-order valence-electron chi connectivity index (χ2n) is 5.03. The lowest BCUT2D eigenvalue weighted by Crippen LogP contribution is -2.55. The van der Waals surface area contributed by atoms with E-state index in [0.29, 0.717) is 5.02 Å². The molecule has 6 nitrogen and oxygen atoms in total. The Morgan fingerprint density at radius 3 is 2.52 bits per heavy atom. The van der Waals surface area contributed by atoms with Crippen molar-refractivity contribution in [2.75, 3.05) is 31.1 Å². The number of urea groups is 1. The van der Waals surface area contributed by atoms with Crippen LogP contribution in [0.4, 0.5) is 10.5 Å². The zero-order valence-corrected chi connectivity index (χ0v) is 12.6. The number of nitrogens with zero attached hydrogens (tertiary/aromatic N) is 2. The number of benzene rings is 1. The second-order valence-corrected chi connectivity index (χ2v) is 5.47. The van der Waals surface area contributed by atoms with E-state index >= 15 is 0 Å². The second kappa shape index (κ2) is 6.78. The smallest absolute Gasteiger partial charge is 0.318 e. The third-order valence-corrected chi connectivity index (χ3v) is 3.90. The fraction of sp³-hybridized carbons (Fsp3) is 0.429. The van der Waals surface area contributed by atoms with Crippen LogP contribution in [0.5, 0.6) is 0 Å². The molecule has 1 aromatic carbocycles. The average molecular weight is 311 g/mol. The van der Waals surface area contributed by atoms with Crippen LogP contribution in [0.15, 0.2) is 24.3 Å². The highest BCUT2D eigenvalue weighted by atomic mass is 35.5. The molecule has 3 N–H and O–H groups in total. The number of rotatable bonds is 3. The number of carbonyl (C=O) groups is 2. The molecule has 0 aliphatic carbocycles. The summed E-state index contributed by atoms with van der Waals surface area (Å²) in [6, 6.07) is 6.53. The van der Waals surface area contributed by atoms with Gasteiger partial charge in [0.25, 0.3) is 0 Å². The predicted octanol–water partition coefficient (Wildman–Crippen LogP) is 1.05. The average Bonchev–Trinajstić information content (AvgIpc) is 2.46. The van der Waals surface area contributed by atoms with E-state index in [-0.39, 0.29) is 11.9 Å². The number of piperazine rings is 1. The predicted molar refractivity (Wildman–Crippen MR) is 82.4 cm³/mol. The van der Waals surface area contributed by atoms with Crippen molar-refractivity contribution in [1.29, 1.82) is 0 Å². The van der Waals surface area contributed by atoms with Crippen LogP contribution in [0.3, 0.4) is 0 Å². The summed E-state index contributed by atoms with van der Waals surface area (Å²) in [5.74, 6) is -0.362. The van der Waals surface area contributed by atoms with Gasteiger partial charge in [-0.05, 0) is 25.1 Å². The third-order valence-electron chi connectivity index (χ3n) is 3.66. The van der Waals surface area contributed by atoms with Crippen molar-refractivity contribution >= 4 is 29.2 Å². The Morgan fingerprint density at radius 2 is 1.95 bits per heavy atom. The molecule has 2 rings (SSSR count). The summed E-state index contributed by atoms with van der Waals surface area (Å²) in [5.41, 5.74) is 6.04. The number of nitrogens with one attached hydrogen (secondary N) is 1. The van der Waals surface area contributed by atoms with Gasteiger partial charge in [0, 0.05) is 36.9 Å². The first-order chi connectivity index (χ1) is 9.97. The molecule has 1 aromatic rings. The first-order valence-corrected chi connectivity index (χ1v) is 7.20. The quantitative estimate of drug-likeness (QED) is 0.874. The van der Waals surface area contributed by atoms with Crippen LogP contribution >= 0.6 is 11.6 Å². The Hall–Kier alpha value is -1.79. The summed E-state index contributed by atoms with van der Waals surface area (Å²) in [4.78, 5) is 26.7. The molecular weight excluding hydrogens is 292 g/mol. The van der Waals surface area contributed by atoms with Gasteiger partial charge >= 0.3 is 6.03 Å². The Bertz CT molecular complexity index is 529. The van der Waals surface area contributed by atoms with Crippen molar-refractivity contribution < 1.29 is 9.59 Å². The molecule has 0 bridgehead atoms. The number of amides is 3. The highest BCUT2D eigenvalue weighted by molar-refractivity contribution is 6.30. The van der Waals surface area contributed by atoms with Gasteiger partial charge in [0.15, 0.2) is 0 Å². The number of hydrogen-bond acceptors (Lipinski definition) is 4. The standard InChI is InChI=1S/C14H19ClN4O2/c1-10(13(20)17-14(16)21)18-5-7-19(8-6-18)12-4-2-3-11(15)9-12/h2-4,9-10H,5-8H2,1H3,(H3,16,17,20,21)/t10-/m1/s1. The third kappa shape index (κ3) is 4.09. The molecular formula is C14H19ClN4O2.